The van der Waals surface area contributed by atoms with Gasteiger partial charge in [-0.3, -0.25) is 4.79 Å². The predicted molar refractivity (Wildman–Crippen MR) is 107 cm³/mol. The molecular formula is C22H38O2. The first-order valence-corrected chi connectivity index (χ1v) is 9.53. The number of hydrogen-bond donors (Lipinski definition) is 1. The van der Waals surface area contributed by atoms with Crippen LogP contribution >= 0.6 is 0 Å². The second kappa shape index (κ2) is 21.6. The molecule has 0 heterocycles. The molecule has 1 rings (SSSR count). The lowest BCUT2D eigenvalue weighted by Gasteiger charge is -1.94. The summed E-state index contributed by atoms with van der Waals surface area (Å²) in [4.78, 5) is 11.2. The minimum atomic E-state index is 0.203. The number of carbonyl (C=O) groups excluding carboxylic acids is 1. The summed E-state index contributed by atoms with van der Waals surface area (Å²) < 4.78 is 0. The fourth-order valence-electron chi connectivity index (χ4n) is 2.02. The van der Waals surface area contributed by atoms with Gasteiger partial charge in [-0.25, -0.2) is 0 Å². The molecule has 1 aliphatic rings. The molecule has 0 aliphatic heterocycles. The maximum Gasteiger partial charge on any atom is 0.181 e. The highest BCUT2D eigenvalue weighted by Gasteiger charge is 2.08. The van der Waals surface area contributed by atoms with E-state index in [0.29, 0.717) is 6.61 Å². The first-order valence-electron chi connectivity index (χ1n) is 9.53. The number of carbonyl (C=O) groups is 1. The Morgan fingerprint density at radius 3 is 2.29 bits per heavy atom. The van der Waals surface area contributed by atoms with E-state index in [9.17, 15) is 4.79 Å². The van der Waals surface area contributed by atoms with Gasteiger partial charge in [-0.05, 0) is 69.9 Å². The van der Waals surface area contributed by atoms with E-state index in [0.717, 1.165) is 56.9 Å². The molecule has 0 fully saturated rings. The van der Waals surface area contributed by atoms with Crippen molar-refractivity contribution in [2.24, 2.45) is 0 Å². The summed E-state index contributed by atoms with van der Waals surface area (Å²) in [5.74, 6) is 0.203. The van der Waals surface area contributed by atoms with E-state index in [1.807, 2.05) is 32.9 Å². The number of hydrogen-bond acceptors (Lipinski definition) is 2. The van der Waals surface area contributed by atoms with Gasteiger partial charge in [-0.15, -0.1) is 0 Å². The van der Waals surface area contributed by atoms with E-state index in [1.54, 1.807) is 6.08 Å². The molecule has 0 amide bonds. The average molecular weight is 335 g/mol. The molecule has 0 atom stereocenters. The molecule has 0 bridgehead atoms. The van der Waals surface area contributed by atoms with Crippen molar-refractivity contribution in [1.82, 2.24) is 0 Å². The van der Waals surface area contributed by atoms with E-state index in [2.05, 4.69) is 31.2 Å². The number of aliphatic hydroxyl groups excluding tert-OH is 1. The standard InChI is InChI=1S/C13H18O.C7H14O.C2H6/c1-2-3-4-5-6-7-9-12-10-8-11-13(12)14;1-2-3-4-5-6-7-8;1-2/h3-4,8-9,11H,2,5-7,10H2,1H3;2-3,8H,4-7H2,1H3;1-2H3/b4-3-,12-9+;3-2-;. The van der Waals surface area contributed by atoms with E-state index < -0.39 is 0 Å². The molecular weight excluding hydrogens is 296 g/mol. The maximum absolute atomic E-state index is 11.2. The Labute approximate surface area is 150 Å². The molecule has 0 spiro atoms. The van der Waals surface area contributed by atoms with Gasteiger partial charge in [0.1, 0.15) is 0 Å². The third-order valence-electron chi connectivity index (χ3n) is 3.31. The predicted octanol–water partition coefficient (Wildman–Crippen LogP) is 6.33. The first-order chi connectivity index (χ1) is 11.8. The number of ketones is 1. The maximum atomic E-state index is 11.2. The molecule has 0 radical (unpaired) electrons. The van der Waals surface area contributed by atoms with Gasteiger partial charge < -0.3 is 5.11 Å². The third-order valence-corrected chi connectivity index (χ3v) is 3.31. The van der Waals surface area contributed by atoms with Gasteiger partial charge in [0, 0.05) is 6.61 Å². The van der Waals surface area contributed by atoms with Gasteiger partial charge in [-0.1, -0.05) is 57.2 Å². The number of unbranched alkanes of at least 4 members (excludes halogenated alkanes) is 4. The van der Waals surface area contributed by atoms with Crippen LogP contribution in [-0.4, -0.2) is 17.5 Å². The van der Waals surface area contributed by atoms with Crippen LogP contribution in [0.3, 0.4) is 0 Å². The Balaban J connectivity index is 0. The van der Waals surface area contributed by atoms with Crippen molar-refractivity contribution >= 4 is 5.78 Å². The summed E-state index contributed by atoms with van der Waals surface area (Å²) >= 11 is 0. The summed E-state index contributed by atoms with van der Waals surface area (Å²) in [6, 6.07) is 0. The zero-order valence-electron chi connectivity index (χ0n) is 16.3. The normalized spacial score (nSPS) is 14.9. The topological polar surface area (TPSA) is 37.3 Å². The molecule has 1 N–H and O–H groups in total. The molecule has 0 saturated carbocycles. The van der Waals surface area contributed by atoms with Crippen LogP contribution in [0.15, 0.2) is 48.1 Å². The van der Waals surface area contributed by atoms with E-state index in [-0.39, 0.29) is 5.78 Å². The first kappa shape index (κ1) is 24.8. The van der Waals surface area contributed by atoms with Gasteiger partial charge in [0.2, 0.25) is 0 Å². The monoisotopic (exact) mass is 334 g/mol. The zero-order valence-corrected chi connectivity index (χ0v) is 16.3. The van der Waals surface area contributed by atoms with Gasteiger partial charge in [0.15, 0.2) is 5.78 Å². The molecule has 0 saturated heterocycles. The van der Waals surface area contributed by atoms with Crippen molar-refractivity contribution < 1.29 is 9.90 Å². The van der Waals surface area contributed by atoms with E-state index >= 15 is 0 Å². The fourth-order valence-corrected chi connectivity index (χ4v) is 2.02. The fraction of sp³-hybridized carbons (Fsp3) is 0.591. The van der Waals surface area contributed by atoms with Crippen molar-refractivity contribution in [3.63, 3.8) is 0 Å². The van der Waals surface area contributed by atoms with Crippen LogP contribution in [0.25, 0.3) is 0 Å². The minimum absolute atomic E-state index is 0.203. The molecule has 0 aromatic rings. The van der Waals surface area contributed by atoms with Crippen molar-refractivity contribution in [3.05, 3.63) is 48.1 Å². The minimum Gasteiger partial charge on any atom is -0.396 e. The summed E-state index contributed by atoms with van der Waals surface area (Å²) in [5.41, 5.74) is 0.976. The number of rotatable bonds is 9. The summed E-state index contributed by atoms with van der Waals surface area (Å²) in [6.07, 6.45) is 22.7. The Hall–Kier alpha value is -1.41. The molecule has 2 nitrogen and oxygen atoms in total. The lowest BCUT2D eigenvalue weighted by molar-refractivity contribution is -0.111. The molecule has 2 heteroatoms. The summed E-state index contributed by atoms with van der Waals surface area (Å²) in [7, 11) is 0. The second-order valence-corrected chi connectivity index (χ2v) is 5.30. The quantitative estimate of drug-likeness (QED) is 0.304. The Kier molecular flexibility index (Phi) is 22.3. The molecule has 24 heavy (non-hydrogen) atoms. The smallest absolute Gasteiger partial charge is 0.181 e. The largest absolute Gasteiger partial charge is 0.396 e. The molecule has 0 aromatic heterocycles. The molecule has 1 aliphatic carbocycles. The Morgan fingerprint density at radius 1 is 1.04 bits per heavy atom. The Bertz CT molecular complexity index is 387. The van der Waals surface area contributed by atoms with Crippen molar-refractivity contribution in [2.75, 3.05) is 6.61 Å². The third kappa shape index (κ3) is 17.0. The van der Waals surface area contributed by atoms with Crippen LogP contribution in [0.1, 0.15) is 79.1 Å². The summed E-state index contributed by atoms with van der Waals surface area (Å²) in [6.45, 7) is 8.48. The highest BCUT2D eigenvalue weighted by atomic mass is 16.2. The Morgan fingerprint density at radius 2 is 1.75 bits per heavy atom. The second-order valence-electron chi connectivity index (χ2n) is 5.30. The zero-order chi connectivity index (χ0) is 18.5. The SMILES string of the molecule is C/C=C\CCCCO.CC.CC/C=C\CCC/C=C1\CC=CC1=O. The highest BCUT2D eigenvalue weighted by molar-refractivity contribution is 6.06. The van der Waals surface area contributed by atoms with Gasteiger partial charge in [0.05, 0.1) is 0 Å². The van der Waals surface area contributed by atoms with Gasteiger partial charge in [0.25, 0.3) is 0 Å². The van der Waals surface area contributed by atoms with Crippen LogP contribution in [0.5, 0.6) is 0 Å². The number of aliphatic hydroxyl groups is 1. The lowest BCUT2D eigenvalue weighted by atomic mass is 10.1. The van der Waals surface area contributed by atoms with Crippen LogP contribution in [-0.2, 0) is 4.79 Å². The van der Waals surface area contributed by atoms with Crippen molar-refractivity contribution in [1.29, 1.82) is 0 Å². The van der Waals surface area contributed by atoms with Crippen LogP contribution in [0.4, 0.5) is 0 Å². The van der Waals surface area contributed by atoms with Crippen LogP contribution in [0, 0.1) is 0 Å². The molecule has 138 valence electrons. The van der Waals surface area contributed by atoms with Gasteiger partial charge in [-0.2, -0.15) is 0 Å². The van der Waals surface area contributed by atoms with Crippen molar-refractivity contribution in [2.45, 2.75) is 79.1 Å². The van der Waals surface area contributed by atoms with Crippen molar-refractivity contribution in [3.8, 4) is 0 Å². The lowest BCUT2D eigenvalue weighted by Crippen LogP contribution is -1.90. The van der Waals surface area contributed by atoms with Crippen LogP contribution in [0.2, 0.25) is 0 Å². The van der Waals surface area contributed by atoms with Gasteiger partial charge >= 0.3 is 0 Å². The summed E-state index contributed by atoms with van der Waals surface area (Å²) in [5, 5.41) is 8.34. The average Bonchev–Trinajstić information content (AvgIpc) is 3.02. The molecule has 0 aromatic carbocycles. The molecule has 0 unspecified atom stereocenters. The van der Waals surface area contributed by atoms with E-state index in [4.69, 9.17) is 5.11 Å². The highest BCUT2D eigenvalue weighted by Crippen LogP contribution is 2.14. The van der Waals surface area contributed by atoms with Crippen LogP contribution < -0.4 is 0 Å². The van der Waals surface area contributed by atoms with E-state index in [1.165, 1.54) is 0 Å². The number of allylic oxidation sites excluding steroid dienone is 8.